The van der Waals surface area contributed by atoms with Crippen molar-refractivity contribution in [1.82, 2.24) is 19.7 Å². The molecule has 0 amide bonds. The van der Waals surface area contributed by atoms with Crippen molar-refractivity contribution in [2.45, 2.75) is 19.6 Å². The predicted octanol–water partition coefficient (Wildman–Crippen LogP) is 1.50. The van der Waals surface area contributed by atoms with Gasteiger partial charge in [-0.05, 0) is 19.1 Å². The molecule has 0 saturated carbocycles. The van der Waals surface area contributed by atoms with Crippen LogP contribution in [0.1, 0.15) is 11.5 Å². The Bertz CT molecular complexity index is 767. The van der Waals surface area contributed by atoms with Crippen molar-refractivity contribution in [2.24, 2.45) is 5.92 Å². The molecule has 1 aliphatic heterocycles. The van der Waals surface area contributed by atoms with Crippen molar-refractivity contribution < 1.29 is 13.2 Å². The van der Waals surface area contributed by atoms with Gasteiger partial charge in [0.15, 0.2) is 5.69 Å². The predicted molar refractivity (Wildman–Crippen MR) is 76.0 cm³/mol. The number of anilines is 1. The standard InChI is InChI=1S/C14H14F3N5O/c1-9-18-5-4-12(19-9)21-6-10(7-21)8-22-13(23)3-2-11(20-22)14(15,16)17/h2-5,10H,6-8H2,1H3. The number of alkyl halides is 3. The lowest BCUT2D eigenvalue weighted by Gasteiger charge is -2.40. The fourth-order valence-corrected chi connectivity index (χ4v) is 2.47. The van der Waals surface area contributed by atoms with Crippen LogP contribution in [-0.4, -0.2) is 32.8 Å². The summed E-state index contributed by atoms with van der Waals surface area (Å²) in [7, 11) is 0. The maximum Gasteiger partial charge on any atom is 0.435 e. The summed E-state index contributed by atoms with van der Waals surface area (Å²) in [5, 5.41) is 3.41. The molecule has 0 bridgehead atoms. The minimum Gasteiger partial charge on any atom is -0.356 e. The SMILES string of the molecule is Cc1nccc(N2CC(Cn3nc(C(F)(F)F)ccc3=O)C2)n1. The van der Waals surface area contributed by atoms with E-state index in [1.807, 2.05) is 4.90 Å². The second-order valence-electron chi connectivity index (χ2n) is 5.47. The maximum atomic E-state index is 12.7. The molecule has 0 N–H and O–H groups in total. The second kappa shape index (κ2) is 5.64. The summed E-state index contributed by atoms with van der Waals surface area (Å²) in [6, 6.07) is 3.38. The largest absolute Gasteiger partial charge is 0.435 e. The van der Waals surface area contributed by atoms with Crippen molar-refractivity contribution in [2.75, 3.05) is 18.0 Å². The van der Waals surface area contributed by atoms with Crippen LogP contribution in [0.2, 0.25) is 0 Å². The van der Waals surface area contributed by atoms with Gasteiger partial charge in [-0.3, -0.25) is 4.79 Å². The van der Waals surface area contributed by atoms with Gasteiger partial charge in [0.1, 0.15) is 11.6 Å². The average Bonchev–Trinajstić information content (AvgIpc) is 2.42. The molecule has 122 valence electrons. The third-order valence-electron chi connectivity index (χ3n) is 3.63. The normalized spacial score (nSPS) is 15.6. The topological polar surface area (TPSA) is 63.9 Å². The van der Waals surface area contributed by atoms with E-state index in [0.717, 1.165) is 16.6 Å². The van der Waals surface area contributed by atoms with Gasteiger partial charge in [0.05, 0.1) is 6.54 Å². The number of aryl methyl sites for hydroxylation is 1. The van der Waals surface area contributed by atoms with Gasteiger partial charge in [-0.25, -0.2) is 14.6 Å². The number of hydrogen-bond donors (Lipinski definition) is 0. The molecule has 2 aromatic rings. The lowest BCUT2D eigenvalue weighted by Crippen LogP contribution is -2.50. The molecule has 23 heavy (non-hydrogen) atoms. The molecule has 0 atom stereocenters. The molecule has 0 aromatic carbocycles. The van der Waals surface area contributed by atoms with Gasteiger partial charge in [-0.15, -0.1) is 0 Å². The zero-order chi connectivity index (χ0) is 16.6. The molecule has 0 spiro atoms. The molecule has 0 aliphatic carbocycles. The van der Waals surface area contributed by atoms with Crippen molar-refractivity contribution in [3.63, 3.8) is 0 Å². The summed E-state index contributed by atoms with van der Waals surface area (Å²) < 4.78 is 38.8. The van der Waals surface area contributed by atoms with Gasteiger partial charge in [0.2, 0.25) is 0 Å². The molecule has 1 fully saturated rings. The van der Waals surface area contributed by atoms with Crippen LogP contribution in [0.15, 0.2) is 29.2 Å². The van der Waals surface area contributed by atoms with Crippen LogP contribution in [0.25, 0.3) is 0 Å². The first-order valence-corrected chi connectivity index (χ1v) is 7.03. The Morgan fingerprint density at radius 3 is 2.65 bits per heavy atom. The maximum absolute atomic E-state index is 12.7. The Morgan fingerprint density at radius 1 is 1.26 bits per heavy atom. The van der Waals surface area contributed by atoms with E-state index >= 15 is 0 Å². The Labute approximate surface area is 129 Å². The first-order chi connectivity index (χ1) is 10.8. The quantitative estimate of drug-likeness (QED) is 0.856. The molecule has 0 unspecified atom stereocenters. The number of nitrogens with zero attached hydrogens (tertiary/aromatic N) is 5. The summed E-state index contributed by atoms with van der Waals surface area (Å²) in [6.07, 6.45) is -2.90. The van der Waals surface area contributed by atoms with Gasteiger partial charge in [0, 0.05) is 31.3 Å². The van der Waals surface area contributed by atoms with E-state index in [1.165, 1.54) is 0 Å². The fourth-order valence-electron chi connectivity index (χ4n) is 2.47. The average molecular weight is 325 g/mol. The van der Waals surface area contributed by atoms with Gasteiger partial charge < -0.3 is 4.90 Å². The third-order valence-corrected chi connectivity index (χ3v) is 3.63. The van der Waals surface area contributed by atoms with Gasteiger partial charge in [-0.1, -0.05) is 0 Å². The lowest BCUT2D eigenvalue weighted by molar-refractivity contribution is -0.142. The molecule has 9 heteroatoms. The van der Waals surface area contributed by atoms with Gasteiger partial charge >= 0.3 is 6.18 Å². The van der Waals surface area contributed by atoms with Crippen LogP contribution in [-0.2, 0) is 12.7 Å². The lowest BCUT2D eigenvalue weighted by atomic mass is 10.0. The van der Waals surface area contributed by atoms with Crippen LogP contribution >= 0.6 is 0 Å². The third kappa shape index (κ3) is 3.33. The minimum absolute atomic E-state index is 0.0546. The summed E-state index contributed by atoms with van der Waals surface area (Å²) in [5.74, 6) is 1.48. The van der Waals surface area contributed by atoms with Crippen molar-refractivity contribution >= 4 is 5.82 Å². The number of hydrogen-bond acceptors (Lipinski definition) is 5. The molecular weight excluding hydrogens is 311 g/mol. The van der Waals surface area contributed by atoms with Crippen LogP contribution in [0.4, 0.5) is 19.0 Å². The number of aromatic nitrogens is 4. The van der Waals surface area contributed by atoms with Crippen molar-refractivity contribution in [1.29, 1.82) is 0 Å². The summed E-state index contributed by atoms with van der Waals surface area (Å²) in [6.45, 7) is 3.16. The number of halogens is 3. The highest BCUT2D eigenvalue weighted by atomic mass is 19.4. The van der Waals surface area contributed by atoms with Crippen molar-refractivity contribution in [3.05, 3.63) is 46.3 Å². The first kappa shape index (κ1) is 15.4. The minimum atomic E-state index is -4.56. The van der Waals surface area contributed by atoms with Crippen LogP contribution < -0.4 is 10.5 Å². The van der Waals surface area contributed by atoms with Crippen molar-refractivity contribution in [3.8, 4) is 0 Å². The van der Waals surface area contributed by atoms with E-state index in [2.05, 4.69) is 15.1 Å². The zero-order valence-corrected chi connectivity index (χ0v) is 12.3. The monoisotopic (exact) mass is 325 g/mol. The smallest absolute Gasteiger partial charge is 0.356 e. The molecular formula is C14H14F3N5O. The van der Waals surface area contributed by atoms with Crippen LogP contribution in [0.3, 0.4) is 0 Å². The zero-order valence-electron chi connectivity index (χ0n) is 12.3. The molecule has 3 heterocycles. The Balaban J connectivity index is 1.67. The highest BCUT2D eigenvalue weighted by Gasteiger charge is 2.34. The highest BCUT2D eigenvalue weighted by molar-refractivity contribution is 5.40. The van der Waals surface area contributed by atoms with Crippen LogP contribution in [0, 0.1) is 12.8 Å². The molecule has 1 saturated heterocycles. The van der Waals surface area contributed by atoms with E-state index < -0.39 is 17.4 Å². The Kier molecular flexibility index (Phi) is 3.78. The van der Waals surface area contributed by atoms with E-state index in [1.54, 1.807) is 19.2 Å². The Hall–Kier alpha value is -2.45. The van der Waals surface area contributed by atoms with E-state index in [4.69, 9.17) is 0 Å². The summed E-state index contributed by atoms with van der Waals surface area (Å²) in [5.41, 5.74) is -1.59. The van der Waals surface area contributed by atoms with Gasteiger partial charge in [0.25, 0.3) is 5.56 Å². The summed E-state index contributed by atoms with van der Waals surface area (Å²) in [4.78, 5) is 21.9. The Morgan fingerprint density at radius 2 is 2.00 bits per heavy atom. The molecule has 6 nitrogen and oxygen atoms in total. The molecule has 1 aliphatic rings. The fraction of sp³-hybridized carbons (Fsp3) is 0.429. The molecule has 0 radical (unpaired) electrons. The number of rotatable bonds is 3. The molecule has 3 rings (SSSR count). The first-order valence-electron chi connectivity index (χ1n) is 7.03. The van der Waals surface area contributed by atoms with E-state index in [-0.39, 0.29) is 12.5 Å². The second-order valence-corrected chi connectivity index (χ2v) is 5.47. The van der Waals surface area contributed by atoms with E-state index in [9.17, 15) is 18.0 Å². The summed E-state index contributed by atoms with van der Waals surface area (Å²) >= 11 is 0. The van der Waals surface area contributed by atoms with Crippen LogP contribution in [0.5, 0.6) is 0 Å². The van der Waals surface area contributed by atoms with Gasteiger partial charge in [-0.2, -0.15) is 18.3 Å². The highest BCUT2D eigenvalue weighted by Crippen LogP contribution is 2.27. The molecule has 2 aromatic heterocycles. The van der Waals surface area contributed by atoms with E-state index in [0.29, 0.717) is 25.0 Å².